The van der Waals surface area contributed by atoms with E-state index in [4.69, 9.17) is 4.74 Å². The molecule has 0 aliphatic heterocycles. The number of amides is 1. The molecule has 0 fully saturated rings. The molecule has 0 radical (unpaired) electrons. The predicted octanol–water partition coefficient (Wildman–Crippen LogP) is 1.96. The average Bonchev–Trinajstić information content (AvgIpc) is 2.70. The third-order valence-corrected chi connectivity index (χ3v) is 4.57. The lowest BCUT2D eigenvalue weighted by atomic mass is 10.2. The van der Waals surface area contributed by atoms with Crippen LogP contribution in [0.1, 0.15) is 11.4 Å². The maximum absolute atomic E-state index is 12.7. The SMILES string of the molecule is Cc1nc2ccccc2c(=O)n1CC(=O)NCc1ccc(OCCN(C)C)cc1. The first kappa shape index (κ1) is 20.5. The van der Waals surface area contributed by atoms with Crippen LogP contribution in [0.5, 0.6) is 5.75 Å². The van der Waals surface area contributed by atoms with E-state index in [1.54, 1.807) is 25.1 Å². The van der Waals surface area contributed by atoms with Crippen LogP contribution in [0.3, 0.4) is 0 Å². The molecule has 1 aromatic heterocycles. The number of para-hydroxylation sites is 1. The molecule has 152 valence electrons. The summed E-state index contributed by atoms with van der Waals surface area (Å²) in [6.45, 7) is 3.52. The number of likely N-dealkylation sites (N-methyl/N-ethyl adjacent to an activating group) is 1. The van der Waals surface area contributed by atoms with E-state index in [2.05, 4.69) is 15.2 Å². The van der Waals surface area contributed by atoms with Gasteiger partial charge in [0.15, 0.2) is 0 Å². The van der Waals surface area contributed by atoms with Crippen molar-refractivity contribution in [3.8, 4) is 5.75 Å². The Bertz CT molecular complexity index is 1040. The summed E-state index contributed by atoms with van der Waals surface area (Å²) >= 11 is 0. The van der Waals surface area contributed by atoms with Gasteiger partial charge in [-0.3, -0.25) is 14.2 Å². The molecular weight excluding hydrogens is 368 g/mol. The Balaban J connectivity index is 1.58. The summed E-state index contributed by atoms with van der Waals surface area (Å²) in [4.78, 5) is 31.5. The third-order valence-electron chi connectivity index (χ3n) is 4.57. The second-order valence-electron chi connectivity index (χ2n) is 7.14. The highest BCUT2D eigenvalue weighted by Crippen LogP contribution is 2.12. The van der Waals surface area contributed by atoms with Crippen LogP contribution in [-0.2, 0) is 17.9 Å². The molecule has 0 atom stereocenters. The summed E-state index contributed by atoms with van der Waals surface area (Å²) in [7, 11) is 4.00. The molecule has 2 aromatic carbocycles. The van der Waals surface area contributed by atoms with Crippen LogP contribution in [0, 0.1) is 6.92 Å². The molecule has 7 nitrogen and oxygen atoms in total. The first-order chi connectivity index (χ1) is 13.9. The number of carbonyl (C=O) groups is 1. The summed E-state index contributed by atoms with van der Waals surface area (Å²) in [5, 5.41) is 3.36. The third kappa shape index (κ3) is 5.42. The van der Waals surface area contributed by atoms with Crippen molar-refractivity contribution in [2.24, 2.45) is 0 Å². The van der Waals surface area contributed by atoms with Gasteiger partial charge in [0.05, 0.1) is 10.9 Å². The van der Waals surface area contributed by atoms with Crippen molar-refractivity contribution in [1.29, 1.82) is 0 Å². The average molecular weight is 394 g/mol. The minimum atomic E-state index is -0.237. The molecule has 1 amide bonds. The van der Waals surface area contributed by atoms with Crippen molar-refractivity contribution < 1.29 is 9.53 Å². The molecule has 7 heteroatoms. The Morgan fingerprint density at radius 1 is 1.14 bits per heavy atom. The van der Waals surface area contributed by atoms with Gasteiger partial charge in [0.2, 0.25) is 5.91 Å². The number of aryl methyl sites for hydroxylation is 1. The molecule has 0 unspecified atom stereocenters. The quantitative estimate of drug-likeness (QED) is 0.632. The summed E-state index contributed by atoms with van der Waals surface area (Å²) in [5.74, 6) is 1.08. The van der Waals surface area contributed by atoms with Gasteiger partial charge < -0.3 is 15.0 Å². The summed E-state index contributed by atoms with van der Waals surface area (Å²) in [6.07, 6.45) is 0. The zero-order chi connectivity index (χ0) is 20.8. The lowest BCUT2D eigenvalue weighted by Gasteiger charge is -2.12. The van der Waals surface area contributed by atoms with E-state index in [0.29, 0.717) is 29.9 Å². The van der Waals surface area contributed by atoms with Crippen LogP contribution >= 0.6 is 0 Å². The minimum Gasteiger partial charge on any atom is -0.492 e. The second-order valence-corrected chi connectivity index (χ2v) is 7.14. The lowest BCUT2D eigenvalue weighted by molar-refractivity contribution is -0.121. The first-order valence-electron chi connectivity index (χ1n) is 9.53. The first-order valence-corrected chi connectivity index (χ1v) is 9.53. The maximum atomic E-state index is 12.7. The number of fused-ring (bicyclic) bond motifs is 1. The van der Waals surface area contributed by atoms with E-state index in [0.717, 1.165) is 17.9 Å². The van der Waals surface area contributed by atoms with E-state index < -0.39 is 0 Å². The zero-order valence-electron chi connectivity index (χ0n) is 17.0. The number of hydrogen-bond acceptors (Lipinski definition) is 5. The van der Waals surface area contributed by atoms with E-state index in [9.17, 15) is 9.59 Å². The molecule has 29 heavy (non-hydrogen) atoms. The minimum absolute atomic E-state index is 0.0613. The number of carbonyl (C=O) groups excluding carboxylic acids is 1. The van der Waals surface area contributed by atoms with Crippen molar-refractivity contribution in [2.45, 2.75) is 20.0 Å². The molecule has 0 bridgehead atoms. The molecular formula is C22H26N4O3. The van der Waals surface area contributed by atoms with Gasteiger partial charge in [0, 0.05) is 13.1 Å². The Labute approximate surface area is 169 Å². The molecule has 3 aromatic rings. The molecule has 3 rings (SSSR count). The maximum Gasteiger partial charge on any atom is 0.261 e. The van der Waals surface area contributed by atoms with E-state index >= 15 is 0 Å². The van der Waals surface area contributed by atoms with Gasteiger partial charge in [0.25, 0.3) is 5.56 Å². The van der Waals surface area contributed by atoms with E-state index in [1.165, 1.54) is 4.57 Å². The number of ether oxygens (including phenoxy) is 1. The number of benzene rings is 2. The van der Waals surface area contributed by atoms with Gasteiger partial charge in [-0.2, -0.15) is 0 Å². The molecule has 0 saturated carbocycles. The predicted molar refractivity (Wildman–Crippen MR) is 113 cm³/mol. The highest BCUT2D eigenvalue weighted by atomic mass is 16.5. The Hall–Kier alpha value is -3.19. The van der Waals surface area contributed by atoms with Gasteiger partial charge in [-0.05, 0) is 50.8 Å². The normalized spacial score (nSPS) is 11.0. The van der Waals surface area contributed by atoms with Crippen molar-refractivity contribution in [1.82, 2.24) is 19.8 Å². The lowest BCUT2D eigenvalue weighted by Crippen LogP contribution is -2.33. The van der Waals surface area contributed by atoms with Crippen molar-refractivity contribution >= 4 is 16.8 Å². The Kier molecular flexibility index (Phi) is 6.61. The highest BCUT2D eigenvalue weighted by Gasteiger charge is 2.11. The van der Waals surface area contributed by atoms with Gasteiger partial charge in [-0.25, -0.2) is 4.98 Å². The van der Waals surface area contributed by atoms with Gasteiger partial charge in [-0.1, -0.05) is 24.3 Å². The Morgan fingerprint density at radius 2 is 1.86 bits per heavy atom. The van der Waals surface area contributed by atoms with Crippen LogP contribution in [0.15, 0.2) is 53.3 Å². The van der Waals surface area contributed by atoms with Crippen molar-refractivity contribution in [3.05, 3.63) is 70.3 Å². The second kappa shape index (κ2) is 9.34. The molecule has 1 heterocycles. The molecule has 0 aliphatic carbocycles. The number of nitrogens with zero attached hydrogens (tertiary/aromatic N) is 3. The topological polar surface area (TPSA) is 76.5 Å². The summed E-state index contributed by atoms with van der Waals surface area (Å²) < 4.78 is 7.07. The molecule has 0 spiro atoms. The number of nitrogens with one attached hydrogen (secondary N) is 1. The largest absolute Gasteiger partial charge is 0.492 e. The Morgan fingerprint density at radius 3 is 2.59 bits per heavy atom. The van der Waals surface area contributed by atoms with Gasteiger partial charge in [0.1, 0.15) is 24.7 Å². The van der Waals surface area contributed by atoms with Crippen LogP contribution in [0.2, 0.25) is 0 Å². The molecule has 0 aliphatic rings. The monoisotopic (exact) mass is 394 g/mol. The number of rotatable bonds is 8. The van der Waals surface area contributed by atoms with Gasteiger partial charge >= 0.3 is 0 Å². The molecule has 1 N–H and O–H groups in total. The van der Waals surface area contributed by atoms with E-state index in [-0.39, 0.29) is 18.0 Å². The van der Waals surface area contributed by atoms with Crippen molar-refractivity contribution in [2.75, 3.05) is 27.2 Å². The fraction of sp³-hybridized carbons (Fsp3) is 0.318. The number of aromatic nitrogens is 2. The fourth-order valence-electron chi connectivity index (χ4n) is 2.91. The van der Waals surface area contributed by atoms with E-state index in [1.807, 2.05) is 44.4 Å². The van der Waals surface area contributed by atoms with Crippen LogP contribution in [-0.4, -0.2) is 47.6 Å². The molecule has 0 saturated heterocycles. The number of hydrogen-bond donors (Lipinski definition) is 1. The highest BCUT2D eigenvalue weighted by molar-refractivity contribution is 5.79. The zero-order valence-corrected chi connectivity index (χ0v) is 17.0. The smallest absolute Gasteiger partial charge is 0.261 e. The standard InChI is InChI=1S/C22H26N4O3/c1-16-24-20-7-5-4-6-19(20)22(28)26(16)15-21(27)23-14-17-8-10-18(11-9-17)29-13-12-25(2)3/h4-11H,12-15H2,1-3H3,(H,23,27). The van der Waals surface area contributed by atoms with Crippen LogP contribution < -0.4 is 15.6 Å². The van der Waals surface area contributed by atoms with Gasteiger partial charge in [-0.15, -0.1) is 0 Å². The van der Waals surface area contributed by atoms with Crippen LogP contribution in [0.4, 0.5) is 0 Å². The fourth-order valence-corrected chi connectivity index (χ4v) is 2.91. The summed E-state index contributed by atoms with van der Waals surface area (Å²) in [6, 6.07) is 14.8. The summed E-state index contributed by atoms with van der Waals surface area (Å²) in [5.41, 5.74) is 1.39. The van der Waals surface area contributed by atoms with Crippen molar-refractivity contribution in [3.63, 3.8) is 0 Å². The van der Waals surface area contributed by atoms with Crippen LogP contribution in [0.25, 0.3) is 10.9 Å².